The molecule has 0 bridgehead atoms. The summed E-state index contributed by atoms with van der Waals surface area (Å²) in [7, 11) is 0. The number of aryl methyl sites for hydroxylation is 1. The minimum atomic E-state index is -0.451. The van der Waals surface area contributed by atoms with Crippen molar-refractivity contribution in [3.63, 3.8) is 0 Å². The molecule has 1 rings (SSSR count). The minimum Gasteiger partial charge on any atom is -0.484 e. The average molecular weight is 320 g/mol. The van der Waals surface area contributed by atoms with Crippen LogP contribution in [-0.2, 0) is 14.3 Å². The highest BCUT2D eigenvalue weighted by molar-refractivity contribution is 6.01. The van der Waals surface area contributed by atoms with Crippen LogP contribution in [0.1, 0.15) is 32.8 Å². The molecule has 1 amide bonds. The van der Waals surface area contributed by atoms with Crippen molar-refractivity contribution in [1.29, 1.82) is 0 Å². The smallest absolute Gasteiger partial charge is 0.314 e. The number of carbonyl (C=O) groups excluding carboxylic acids is 2. The molecule has 126 valence electrons. The highest BCUT2D eigenvalue weighted by Gasteiger charge is 2.21. The molecule has 0 aliphatic heterocycles. The largest absolute Gasteiger partial charge is 0.484 e. The van der Waals surface area contributed by atoms with E-state index in [0.717, 1.165) is 5.56 Å². The average Bonchev–Trinajstić information content (AvgIpc) is 2.52. The van der Waals surface area contributed by atoms with Gasteiger partial charge in [0.05, 0.1) is 12.5 Å². The van der Waals surface area contributed by atoms with Crippen LogP contribution in [0.5, 0.6) is 5.75 Å². The van der Waals surface area contributed by atoms with Gasteiger partial charge in [-0.1, -0.05) is 19.1 Å². The van der Waals surface area contributed by atoms with Crippen LogP contribution in [0.4, 0.5) is 0 Å². The summed E-state index contributed by atoms with van der Waals surface area (Å²) in [6, 6.07) is 7.43. The molecule has 0 aliphatic carbocycles. The molecule has 6 heteroatoms. The summed E-state index contributed by atoms with van der Waals surface area (Å²) in [5.74, 6) is -0.544. The van der Waals surface area contributed by atoms with Crippen molar-refractivity contribution in [3.05, 3.63) is 29.8 Å². The molecule has 0 spiro atoms. The Morgan fingerprint density at radius 1 is 1.30 bits per heavy atom. The Kier molecular flexibility index (Phi) is 7.80. The quantitative estimate of drug-likeness (QED) is 0.453. The third-order valence-electron chi connectivity index (χ3n) is 3.20. The molecule has 1 atom stereocenters. The number of hydrogen-bond acceptors (Lipinski definition) is 5. The van der Waals surface area contributed by atoms with Crippen molar-refractivity contribution in [2.45, 2.75) is 34.1 Å². The summed E-state index contributed by atoms with van der Waals surface area (Å²) < 4.78 is 10.4. The summed E-state index contributed by atoms with van der Waals surface area (Å²) >= 11 is 0. The van der Waals surface area contributed by atoms with Gasteiger partial charge in [0.15, 0.2) is 6.61 Å². The van der Waals surface area contributed by atoms with Gasteiger partial charge in [-0.15, -0.1) is 0 Å². The molecular formula is C17H24N2O4. The van der Waals surface area contributed by atoms with Gasteiger partial charge in [-0.3, -0.25) is 9.59 Å². The van der Waals surface area contributed by atoms with E-state index in [4.69, 9.17) is 9.47 Å². The van der Waals surface area contributed by atoms with Crippen molar-refractivity contribution in [2.75, 3.05) is 13.2 Å². The van der Waals surface area contributed by atoms with Crippen molar-refractivity contribution >= 4 is 17.6 Å². The summed E-state index contributed by atoms with van der Waals surface area (Å²) in [6.45, 7) is 7.42. The second-order valence-electron chi connectivity index (χ2n) is 5.11. The monoisotopic (exact) mass is 320 g/mol. The number of hydrazone groups is 1. The van der Waals surface area contributed by atoms with E-state index in [1.807, 2.05) is 32.0 Å². The number of amides is 1. The lowest BCUT2D eigenvalue weighted by molar-refractivity contribution is -0.145. The van der Waals surface area contributed by atoms with Gasteiger partial charge in [0.2, 0.25) is 0 Å². The number of carbonyl (C=O) groups is 2. The summed E-state index contributed by atoms with van der Waals surface area (Å²) in [6.07, 6.45) is 0.559. The zero-order valence-electron chi connectivity index (χ0n) is 14.1. The van der Waals surface area contributed by atoms with Crippen molar-refractivity contribution in [1.82, 2.24) is 5.43 Å². The summed E-state index contributed by atoms with van der Waals surface area (Å²) in [5.41, 5.74) is 3.96. The fourth-order valence-electron chi connectivity index (χ4n) is 1.99. The molecule has 6 nitrogen and oxygen atoms in total. The standard InChI is InChI=1S/C17H24N2O4/c1-5-15(17(21)22-6-2)13(4)18-19-16(20)11-23-14-9-7-8-12(3)10-14/h7-10,15H,5-6,11H2,1-4H3,(H,19,20)/b18-13-. The molecule has 0 heterocycles. The van der Waals surface area contributed by atoms with Gasteiger partial charge in [0.1, 0.15) is 5.75 Å². The first-order valence-corrected chi connectivity index (χ1v) is 7.67. The van der Waals surface area contributed by atoms with E-state index in [-0.39, 0.29) is 18.5 Å². The van der Waals surface area contributed by atoms with Gasteiger partial charge >= 0.3 is 5.97 Å². The van der Waals surface area contributed by atoms with Crippen LogP contribution in [0.25, 0.3) is 0 Å². The van der Waals surface area contributed by atoms with Gasteiger partial charge in [-0.25, -0.2) is 5.43 Å². The topological polar surface area (TPSA) is 77.0 Å². The molecule has 1 unspecified atom stereocenters. The van der Waals surface area contributed by atoms with Crippen LogP contribution in [0.15, 0.2) is 29.4 Å². The molecule has 0 saturated heterocycles. The number of hydrogen-bond donors (Lipinski definition) is 1. The number of benzene rings is 1. The van der Waals surface area contributed by atoms with Crippen LogP contribution in [0.3, 0.4) is 0 Å². The number of nitrogens with one attached hydrogen (secondary N) is 1. The molecule has 0 fully saturated rings. The third kappa shape index (κ3) is 6.50. The molecule has 1 aromatic rings. The van der Waals surface area contributed by atoms with E-state index in [2.05, 4.69) is 10.5 Å². The van der Waals surface area contributed by atoms with E-state index in [0.29, 0.717) is 24.5 Å². The first-order chi connectivity index (χ1) is 11.0. The van der Waals surface area contributed by atoms with E-state index in [9.17, 15) is 9.59 Å². The zero-order valence-corrected chi connectivity index (χ0v) is 14.1. The number of esters is 1. The van der Waals surface area contributed by atoms with Gasteiger partial charge < -0.3 is 9.47 Å². The summed E-state index contributed by atoms with van der Waals surface area (Å²) in [5, 5.41) is 3.96. The molecule has 0 radical (unpaired) electrons. The normalized spacial score (nSPS) is 12.4. The van der Waals surface area contributed by atoms with Crippen LogP contribution < -0.4 is 10.2 Å². The maximum Gasteiger partial charge on any atom is 0.314 e. The van der Waals surface area contributed by atoms with Crippen molar-refractivity contribution in [2.24, 2.45) is 11.0 Å². The van der Waals surface area contributed by atoms with E-state index in [1.165, 1.54) is 0 Å². The lowest BCUT2D eigenvalue weighted by Gasteiger charge is -2.13. The zero-order chi connectivity index (χ0) is 17.2. The lowest BCUT2D eigenvalue weighted by atomic mass is 10.0. The number of ether oxygens (including phenoxy) is 2. The first-order valence-electron chi connectivity index (χ1n) is 7.67. The highest BCUT2D eigenvalue weighted by atomic mass is 16.5. The van der Waals surface area contributed by atoms with Gasteiger partial charge in [0, 0.05) is 5.71 Å². The maximum absolute atomic E-state index is 11.8. The highest BCUT2D eigenvalue weighted by Crippen LogP contribution is 2.12. The van der Waals surface area contributed by atoms with Crippen LogP contribution >= 0.6 is 0 Å². The Labute approximate surface area is 136 Å². The van der Waals surface area contributed by atoms with Crippen molar-refractivity contribution in [3.8, 4) is 5.75 Å². The van der Waals surface area contributed by atoms with Gasteiger partial charge in [0.25, 0.3) is 5.91 Å². The molecule has 23 heavy (non-hydrogen) atoms. The first kappa shape index (κ1) is 18.7. The lowest BCUT2D eigenvalue weighted by Crippen LogP contribution is -2.29. The fourth-order valence-corrected chi connectivity index (χ4v) is 1.99. The maximum atomic E-state index is 11.8. The minimum absolute atomic E-state index is 0.142. The second-order valence-corrected chi connectivity index (χ2v) is 5.11. The Balaban J connectivity index is 2.51. The van der Waals surface area contributed by atoms with Crippen LogP contribution in [-0.4, -0.2) is 30.8 Å². The van der Waals surface area contributed by atoms with Gasteiger partial charge in [-0.05, 0) is 44.9 Å². The van der Waals surface area contributed by atoms with E-state index < -0.39 is 5.92 Å². The number of rotatable bonds is 8. The number of nitrogens with zero attached hydrogens (tertiary/aromatic N) is 1. The predicted molar refractivity (Wildman–Crippen MR) is 88.3 cm³/mol. The molecular weight excluding hydrogens is 296 g/mol. The fraction of sp³-hybridized carbons (Fsp3) is 0.471. The molecule has 0 aromatic heterocycles. The Morgan fingerprint density at radius 3 is 2.65 bits per heavy atom. The molecule has 1 aromatic carbocycles. The van der Waals surface area contributed by atoms with E-state index in [1.54, 1.807) is 19.9 Å². The van der Waals surface area contributed by atoms with Crippen LogP contribution in [0.2, 0.25) is 0 Å². The molecule has 1 N–H and O–H groups in total. The summed E-state index contributed by atoms with van der Waals surface area (Å²) in [4.78, 5) is 23.5. The second kappa shape index (κ2) is 9.61. The SMILES string of the molecule is CCOC(=O)C(CC)/C(C)=N\NC(=O)COc1cccc(C)c1. The van der Waals surface area contributed by atoms with Gasteiger partial charge in [-0.2, -0.15) is 5.10 Å². The molecule has 0 aliphatic rings. The molecule has 0 saturated carbocycles. The third-order valence-corrected chi connectivity index (χ3v) is 3.20. The van der Waals surface area contributed by atoms with E-state index >= 15 is 0 Å². The Bertz CT molecular complexity index is 569. The Morgan fingerprint density at radius 2 is 2.04 bits per heavy atom. The van der Waals surface area contributed by atoms with Crippen LogP contribution in [0, 0.1) is 12.8 Å². The Hall–Kier alpha value is -2.37. The predicted octanol–water partition coefficient (Wildman–Crippen LogP) is 2.46. The van der Waals surface area contributed by atoms with Crippen molar-refractivity contribution < 1.29 is 19.1 Å².